The number of hydrogen-bond donors (Lipinski definition) is 0. The van der Waals surface area contributed by atoms with Crippen LogP contribution in [0.5, 0.6) is 0 Å². The van der Waals surface area contributed by atoms with Crippen molar-refractivity contribution in [1.29, 1.82) is 5.26 Å². The molecule has 0 saturated heterocycles. The lowest BCUT2D eigenvalue weighted by atomic mass is 10.1. The Morgan fingerprint density at radius 3 is 2.67 bits per heavy atom. The first-order valence-corrected chi connectivity index (χ1v) is 3.84. The van der Waals surface area contributed by atoms with E-state index >= 15 is 0 Å². The Bertz CT molecular complexity index is 215. The van der Waals surface area contributed by atoms with Crippen LogP contribution in [0.25, 0.3) is 0 Å². The average Bonchev–Trinajstić information content (AvgIpc) is 2.05. The highest BCUT2D eigenvalue weighted by atomic mass is 16.5. The van der Waals surface area contributed by atoms with Crippen molar-refractivity contribution in [2.45, 2.75) is 20.3 Å². The van der Waals surface area contributed by atoms with Gasteiger partial charge in [0.1, 0.15) is 6.61 Å². The van der Waals surface area contributed by atoms with Crippen LogP contribution in [0.4, 0.5) is 0 Å². The van der Waals surface area contributed by atoms with E-state index in [2.05, 4.69) is 6.58 Å². The summed E-state index contributed by atoms with van der Waals surface area (Å²) in [5.74, 6) is -0.628. The molecule has 1 atom stereocenters. The van der Waals surface area contributed by atoms with Crippen molar-refractivity contribution in [1.82, 2.24) is 0 Å². The minimum Gasteiger partial charge on any atom is -0.461 e. The summed E-state index contributed by atoms with van der Waals surface area (Å²) in [6, 6.07) is 2.04. The van der Waals surface area contributed by atoms with Crippen molar-refractivity contribution in [3.05, 3.63) is 12.2 Å². The number of carbonyl (C=O) groups is 1. The molecule has 0 bridgehead atoms. The molecule has 1 unspecified atom stereocenters. The summed E-state index contributed by atoms with van der Waals surface area (Å²) >= 11 is 0. The molecule has 0 aliphatic rings. The minimum absolute atomic E-state index is 0.165. The van der Waals surface area contributed by atoms with Crippen molar-refractivity contribution in [3.63, 3.8) is 0 Å². The topological polar surface area (TPSA) is 50.1 Å². The summed E-state index contributed by atoms with van der Waals surface area (Å²) in [7, 11) is 0. The molecule has 0 heterocycles. The van der Waals surface area contributed by atoms with Crippen molar-refractivity contribution in [2.75, 3.05) is 6.61 Å². The van der Waals surface area contributed by atoms with Crippen LogP contribution in [0.15, 0.2) is 12.2 Å². The molecule has 0 amide bonds. The third kappa shape index (κ3) is 3.77. The second kappa shape index (κ2) is 5.36. The Hall–Kier alpha value is -1.30. The molecule has 0 N–H and O–H groups in total. The monoisotopic (exact) mass is 167 g/mol. The molecule has 0 rings (SSSR count). The van der Waals surface area contributed by atoms with Crippen LogP contribution in [-0.2, 0) is 9.53 Å². The first kappa shape index (κ1) is 10.7. The van der Waals surface area contributed by atoms with E-state index in [0.29, 0.717) is 12.0 Å². The molecule has 0 aromatic carbocycles. The van der Waals surface area contributed by atoms with Crippen LogP contribution >= 0.6 is 0 Å². The van der Waals surface area contributed by atoms with Gasteiger partial charge in [-0.05, 0) is 13.3 Å². The summed E-state index contributed by atoms with van der Waals surface area (Å²) in [5, 5.41) is 8.51. The molecular weight excluding hydrogens is 154 g/mol. The summed E-state index contributed by atoms with van der Waals surface area (Å²) in [5.41, 5.74) is 0.364. The molecule has 0 aliphatic heterocycles. The maximum atomic E-state index is 10.8. The molecule has 0 aromatic rings. The van der Waals surface area contributed by atoms with E-state index in [-0.39, 0.29) is 12.5 Å². The van der Waals surface area contributed by atoms with Gasteiger partial charge in [-0.1, -0.05) is 13.5 Å². The second-order valence-electron chi connectivity index (χ2n) is 2.61. The van der Waals surface area contributed by atoms with Crippen molar-refractivity contribution >= 4 is 5.97 Å². The highest BCUT2D eigenvalue weighted by Gasteiger charge is 2.08. The predicted molar refractivity (Wildman–Crippen MR) is 45.2 cm³/mol. The fourth-order valence-corrected chi connectivity index (χ4v) is 0.546. The van der Waals surface area contributed by atoms with Crippen LogP contribution < -0.4 is 0 Å². The van der Waals surface area contributed by atoms with Gasteiger partial charge >= 0.3 is 5.97 Å². The van der Waals surface area contributed by atoms with Gasteiger partial charge in [0, 0.05) is 5.57 Å². The molecule has 0 fully saturated rings. The lowest BCUT2D eigenvalue weighted by molar-refractivity contribution is -0.139. The first-order chi connectivity index (χ1) is 5.61. The van der Waals surface area contributed by atoms with Gasteiger partial charge < -0.3 is 4.74 Å². The van der Waals surface area contributed by atoms with Crippen LogP contribution in [0.2, 0.25) is 0 Å². The average molecular weight is 167 g/mol. The van der Waals surface area contributed by atoms with Gasteiger partial charge in [-0.2, -0.15) is 5.26 Å². The number of rotatable bonds is 4. The Balaban J connectivity index is 3.76. The minimum atomic E-state index is -0.427. The maximum Gasteiger partial charge on any atom is 0.333 e. The fraction of sp³-hybridized carbons (Fsp3) is 0.556. The van der Waals surface area contributed by atoms with Gasteiger partial charge in [0.05, 0.1) is 12.0 Å². The third-order valence-electron chi connectivity index (χ3n) is 1.44. The molecule has 0 saturated carbocycles. The zero-order chi connectivity index (χ0) is 9.56. The molecule has 12 heavy (non-hydrogen) atoms. The molecule has 0 radical (unpaired) electrons. The second-order valence-corrected chi connectivity index (χ2v) is 2.61. The van der Waals surface area contributed by atoms with Crippen LogP contribution in [0.1, 0.15) is 20.3 Å². The molecular formula is C9H13NO2. The van der Waals surface area contributed by atoms with E-state index < -0.39 is 5.97 Å². The predicted octanol–water partition coefficient (Wildman–Crippen LogP) is 1.66. The molecule has 3 heteroatoms. The van der Waals surface area contributed by atoms with E-state index in [9.17, 15) is 4.79 Å². The Kier molecular flexibility index (Phi) is 4.78. The normalized spacial score (nSPS) is 11.4. The maximum absolute atomic E-state index is 10.8. The van der Waals surface area contributed by atoms with Gasteiger partial charge in [0.25, 0.3) is 0 Å². The van der Waals surface area contributed by atoms with Crippen LogP contribution in [-0.4, -0.2) is 12.6 Å². The summed E-state index contributed by atoms with van der Waals surface area (Å²) < 4.78 is 4.79. The number of ether oxygens (including phenoxy) is 1. The number of hydrogen-bond acceptors (Lipinski definition) is 3. The van der Waals surface area contributed by atoms with E-state index in [1.54, 1.807) is 6.92 Å². The highest BCUT2D eigenvalue weighted by Crippen LogP contribution is 2.02. The van der Waals surface area contributed by atoms with Crippen molar-refractivity contribution < 1.29 is 9.53 Å². The number of carbonyl (C=O) groups excluding carboxylic acids is 1. The Morgan fingerprint density at radius 1 is 1.75 bits per heavy atom. The standard InChI is InChI=1S/C9H13NO2/c1-4-8(5-10)6-12-9(11)7(2)3/h8H,2,4,6H2,1,3H3. The van der Waals surface area contributed by atoms with Crippen molar-refractivity contribution in [3.8, 4) is 6.07 Å². The Labute approximate surface area is 72.6 Å². The number of nitriles is 1. The van der Waals surface area contributed by atoms with Gasteiger partial charge in [-0.3, -0.25) is 0 Å². The SMILES string of the molecule is C=C(C)C(=O)OCC(C#N)CC. The fourth-order valence-electron chi connectivity index (χ4n) is 0.546. The van der Waals surface area contributed by atoms with Crippen LogP contribution in [0, 0.1) is 17.2 Å². The lowest BCUT2D eigenvalue weighted by Crippen LogP contribution is -2.12. The third-order valence-corrected chi connectivity index (χ3v) is 1.44. The summed E-state index contributed by atoms with van der Waals surface area (Å²) in [6.45, 7) is 7.05. The molecule has 0 aromatic heterocycles. The zero-order valence-electron chi connectivity index (χ0n) is 7.46. The molecule has 3 nitrogen and oxygen atoms in total. The van der Waals surface area contributed by atoms with Gasteiger partial charge in [0.15, 0.2) is 0 Å². The molecule has 0 aliphatic carbocycles. The highest BCUT2D eigenvalue weighted by molar-refractivity contribution is 5.86. The lowest BCUT2D eigenvalue weighted by Gasteiger charge is -2.06. The summed E-state index contributed by atoms with van der Waals surface area (Å²) in [4.78, 5) is 10.8. The molecule has 66 valence electrons. The quantitative estimate of drug-likeness (QED) is 0.472. The van der Waals surface area contributed by atoms with E-state index in [1.807, 2.05) is 13.0 Å². The largest absolute Gasteiger partial charge is 0.461 e. The molecule has 0 spiro atoms. The van der Waals surface area contributed by atoms with Crippen molar-refractivity contribution in [2.24, 2.45) is 5.92 Å². The van der Waals surface area contributed by atoms with Crippen LogP contribution in [0.3, 0.4) is 0 Å². The number of esters is 1. The zero-order valence-corrected chi connectivity index (χ0v) is 7.46. The first-order valence-electron chi connectivity index (χ1n) is 3.84. The smallest absolute Gasteiger partial charge is 0.333 e. The summed E-state index contributed by atoms with van der Waals surface area (Å²) in [6.07, 6.45) is 0.694. The van der Waals surface area contributed by atoms with E-state index in [4.69, 9.17) is 10.00 Å². The van der Waals surface area contributed by atoms with E-state index in [1.165, 1.54) is 0 Å². The Morgan fingerprint density at radius 2 is 2.33 bits per heavy atom. The van der Waals surface area contributed by atoms with Gasteiger partial charge in [-0.25, -0.2) is 4.79 Å². The number of nitrogens with zero attached hydrogens (tertiary/aromatic N) is 1. The van der Waals surface area contributed by atoms with Gasteiger partial charge in [-0.15, -0.1) is 0 Å². The van der Waals surface area contributed by atoms with E-state index in [0.717, 1.165) is 0 Å². The van der Waals surface area contributed by atoms with Gasteiger partial charge in [0.2, 0.25) is 0 Å².